The second kappa shape index (κ2) is 4.92. The van der Waals surface area contributed by atoms with Crippen molar-refractivity contribution in [1.29, 1.82) is 0 Å². The van der Waals surface area contributed by atoms with Crippen molar-refractivity contribution in [2.45, 2.75) is 19.3 Å². The number of carbonyl (C=O) groups is 1. The molecule has 1 aliphatic heterocycles. The summed E-state index contributed by atoms with van der Waals surface area (Å²) < 4.78 is 11.0. The van der Waals surface area contributed by atoms with Crippen molar-refractivity contribution >= 4 is 5.78 Å². The molecule has 4 rings (SSSR count). The Balaban J connectivity index is 1.68. The summed E-state index contributed by atoms with van der Waals surface area (Å²) in [6, 6.07) is 11.5. The van der Waals surface area contributed by atoms with E-state index >= 15 is 0 Å². The SMILES string of the molecule is O=C(c1ccc2c(c1)CCC2)c1ccc2c(c1)OCCO2. The van der Waals surface area contributed by atoms with Crippen LogP contribution in [-0.4, -0.2) is 19.0 Å². The van der Waals surface area contributed by atoms with Gasteiger partial charge in [0.15, 0.2) is 17.3 Å². The Kier molecular flexibility index (Phi) is 2.92. The van der Waals surface area contributed by atoms with Crippen molar-refractivity contribution in [3.05, 3.63) is 58.7 Å². The normalized spacial score (nSPS) is 15.6. The molecule has 21 heavy (non-hydrogen) atoms. The fourth-order valence-electron chi connectivity index (χ4n) is 3.06. The summed E-state index contributed by atoms with van der Waals surface area (Å²) in [4.78, 5) is 12.6. The van der Waals surface area contributed by atoms with E-state index in [1.165, 1.54) is 17.5 Å². The van der Waals surface area contributed by atoms with Crippen LogP contribution >= 0.6 is 0 Å². The van der Waals surface area contributed by atoms with Crippen LogP contribution in [0, 0.1) is 0 Å². The predicted molar refractivity (Wildman–Crippen MR) is 79.3 cm³/mol. The standard InChI is InChI=1S/C18H16O3/c19-18(14-5-4-12-2-1-3-13(12)10-14)15-6-7-16-17(11-15)21-9-8-20-16/h4-7,10-11H,1-3,8-9H2. The third-order valence-corrected chi connectivity index (χ3v) is 4.17. The Hall–Kier alpha value is -2.29. The number of fused-ring (bicyclic) bond motifs is 2. The van der Waals surface area contributed by atoms with Crippen molar-refractivity contribution in [3.63, 3.8) is 0 Å². The van der Waals surface area contributed by atoms with Crippen LogP contribution < -0.4 is 9.47 Å². The van der Waals surface area contributed by atoms with E-state index in [0.717, 1.165) is 18.4 Å². The van der Waals surface area contributed by atoms with Crippen molar-refractivity contribution in [2.75, 3.05) is 13.2 Å². The van der Waals surface area contributed by atoms with Gasteiger partial charge in [0.1, 0.15) is 13.2 Å². The van der Waals surface area contributed by atoms with E-state index < -0.39 is 0 Å². The number of carbonyl (C=O) groups excluding carboxylic acids is 1. The molecule has 0 atom stereocenters. The highest BCUT2D eigenvalue weighted by atomic mass is 16.6. The average Bonchev–Trinajstić information content (AvgIpc) is 3.01. The molecule has 0 amide bonds. The molecular formula is C18H16O3. The highest BCUT2D eigenvalue weighted by Crippen LogP contribution is 2.32. The van der Waals surface area contributed by atoms with Crippen molar-refractivity contribution < 1.29 is 14.3 Å². The molecule has 0 unspecified atom stereocenters. The second-order valence-electron chi connectivity index (χ2n) is 5.52. The van der Waals surface area contributed by atoms with Gasteiger partial charge in [-0.2, -0.15) is 0 Å². The van der Waals surface area contributed by atoms with Gasteiger partial charge in [0, 0.05) is 11.1 Å². The summed E-state index contributed by atoms with van der Waals surface area (Å²) >= 11 is 0. The molecule has 0 bridgehead atoms. The maximum Gasteiger partial charge on any atom is 0.193 e. The molecule has 0 spiro atoms. The Bertz CT molecular complexity index is 718. The predicted octanol–water partition coefficient (Wildman–Crippen LogP) is 3.18. The van der Waals surface area contributed by atoms with Gasteiger partial charge >= 0.3 is 0 Å². The lowest BCUT2D eigenvalue weighted by Gasteiger charge is -2.18. The summed E-state index contributed by atoms with van der Waals surface area (Å²) in [5.74, 6) is 1.42. The molecule has 1 heterocycles. The molecule has 3 nitrogen and oxygen atoms in total. The lowest BCUT2D eigenvalue weighted by molar-refractivity contribution is 0.103. The molecule has 2 aromatic rings. The molecule has 0 N–H and O–H groups in total. The van der Waals surface area contributed by atoms with Gasteiger partial charge in [-0.25, -0.2) is 0 Å². The van der Waals surface area contributed by atoms with Crippen molar-refractivity contribution in [2.24, 2.45) is 0 Å². The topological polar surface area (TPSA) is 35.5 Å². The van der Waals surface area contributed by atoms with Gasteiger partial charge in [-0.15, -0.1) is 0 Å². The minimum atomic E-state index is 0.0432. The number of aryl methyl sites for hydroxylation is 2. The number of ether oxygens (including phenoxy) is 2. The van der Waals surface area contributed by atoms with Crippen LogP contribution in [-0.2, 0) is 12.8 Å². The van der Waals surface area contributed by atoms with E-state index in [-0.39, 0.29) is 5.78 Å². The maximum absolute atomic E-state index is 12.6. The van der Waals surface area contributed by atoms with Gasteiger partial charge in [0.2, 0.25) is 0 Å². The lowest BCUT2D eigenvalue weighted by Crippen LogP contribution is -2.16. The zero-order valence-corrected chi connectivity index (χ0v) is 11.7. The Morgan fingerprint density at radius 1 is 0.810 bits per heavy atom. The van der Waals surface area contributed by atoms with Gasteiger partial charge in [-0.05, 0) is 54.7 Å². The third-order valence-electron chi connectivity index (χ3n) is 4.17. The van der Waals surface area contributed by atoms with E-state index in [0.29, 0.717) is 30.3 Å². The molecule has 0 aromatic heterocycles. The van der Waals surface area contributed by atoms with E-state index in [1.54, 1.807) is 6.07 Å². The van der Waals surface area contributed by atoms with Crippen LogP contribution in [0.4, 0.5) is 0 Å². The molecule has 2 aliphatic rings. The Morgan fingerprint density at radius 2 is 1.52 bits per heavy atom. The number of hydrogen-bond acceptors (Lipinski definition) is 3. The number of hydrogen-bond donors (Lipinski definition) is 0. The summed E-state index contributed by atoms with van der Waals surface area (Å²) in [6.45, 7) is 1.09. The first kappa shape index (κ1) is 12.5. The first-order valence-corrected chi connectivity index (χ1v) is 7.37. The molecule has 3 heteroatoms. The van der Waals surface area contributed by atoms with Gasteiger partial charge in [0.05, 0.1) is 0 Å². The molecular weight excluding hydrogens is 264 g/mol. The molecule has 2 aromatic carbocycles. The Labute approximate surface area is 123 Å². The smallest absolute Gasteiger partial charge is 0.193 e. The molecule has 0 fully saturated rings. The van der Waals surface area contributed by atoms with Crippen LogP contribution in [0.5, 0.6) is 11.5 Å². The minimum Gasteiger partial charge on any atom is -0.486 e. The van der Waals surface area contributed by atoms with E-state index in [9.17, 15) is 4.79 Å². The van der Waals surface area contributed by atoms with Crippen LogP contribution in [0.15, 0.2) is 36.4 Å². The zero-order valence-electron chi connectivity index (χ0n) is 11.7. The third kappa shape index (κ3) is 2.19. The summed E-state index contributed by atoms with van der Waals surface area (Å²) in [7, 11) is 0. The first-order valence-electron chi connectivity index (χ1n) is 7.37. The van der Waals surface area contributed by atoms with Gasteiger partial charge in [-0.1, -0.05) is 12.1 Å². The van der Waals surface area contributed by atoms with Gasteiger partial charge < -0.3 is 9.47 Å². The molecule has 106 valence electrons. The zero-order chi connectivity index (χ0) is 14.2. The first-order chi connectivity index (χ1) is 10.3. The van der Waals surface area contributed by atoms with Crippen LogP contribution in [0.1, 0.15) is 33.5 Å². The van der Waals surface area contributed by atoms with Gasteiger partial charge in [0.25, 0.3) is 0 Å². The monoisotopic (exact) mass is 280 g/mol. The average molecular weight is 280 g/mol. The summed E-state index contributed by atoms with van der Waals surface area (Å²) in [5.41, 5.74) is 4.11. The lowest BCUT2D eigenvalue weighted by atomic mass is 9.99. The number of rotatable bonds is 2. The van der Waals surface area contributed by atoms with E-state index in [1.807, 2.05) is 24.3 Å². The second-order valence-corrected chi connectivity index (χ2v) is 5.52. The highest BCUT2D eigenvalue weighted by Gasteiger charge is 2.18. The summed E-state index contributed by atoms with van der Waals surface area (Å²) in [6.07, 6.45) is 3.41. The quantitative estimate of drug-likeness (QED) is 0.793. The number of ketones is 1. The fraction of sp³-hybridized carbons (Fsp3) is 0.278. The van der Waals surface area contributed by atoms with Crippen molar-refractivity contribution in [1.82, 2.24) is 0 Å². The minimum absolute atomic E-state index is 0.0432. The van der Waals surface area contributed by atoms with Crippen LogP contribution in [0.25, 0.3) is 0 Å². The summed E-state index contributed by atoms with van der Waals surface area (Å²) in [5, 5.41) is 0. The van der Waals surface area contributed by atoms with Crippen molar-refractivity contribution in [3.8, 4) is 11.5 Å². The number of benzene rings is 2. The fourth-order valence-corrected chi connectivity index (χ4v) is 3.06. The Morgan fingerprint density at radius 3 is 2.43 bits per heavy atom. The van der Waals surface area contributed by atoms with E-state index in [2.05, 4.69) is 6.07 Å². The van der Waals surface area contributed by atoms with E-state index in [4.69, 9.17) is 9.47 Å². The molecule has 0 saturated heterocycles. The highest BCUT2D eigenvalue weighted by molar-refractivity contribution is 6.09. The van der Waals surface area contributed by atoms with Crippen LogP contribution in [0.2, 0.25) is 0 Å². The molecule has 1 aliphatic carbocycles. The maximum atomic E-state index is 12.6. The molecule has 0 saturated carbocycles. The van der Waals surface area contributed by atoms with Gasteiger partial charge in [-0.3, -0.25) is 4.79 Å². The largest absolute Gasteiger partial charge is 0.486 e. The molecule has 0 radical (unpaired) electrons. The van der Waals surface area contributed by atoms with Crippen LogP contribution in [0.3, 0.4) is 0 Å².